The molecular weight excluding hydrogens is 247 g/mol. The highest BCUT2D eigenvalue weighted by Gasteiger charge is 2.34. The second kappa shape index (κ2) is 5.37. The van der Waals surface area contributed by atoms with Crippen LogP contribution in [-0.4, -0.2) is 29.1 Å². The molecule has 2 rings (SSSR count). The first-order valence-corrected chi connectivity index (χ1v) is 6.15. The van der Waals surface area contributed by atoms with Crippen molar-refractivity contribution in [3.05, 3.63) is 35.1 Å². The van der Waals surface area contributed by atoms with E-state index < -0.39 is 5.97 Å². The molecule has 1 aliphatic heterocycles. The van der Waals surface area contributed by atoms with E-state index in [2.05, 4.69) is 0 Å². The third-order valence-corrected chi connectivity index (χ3v) is 3.66. The Labute approximate surface area is 111 Å². The van der Waals surface area contributed by atoms with Crippen LogP contribution in [0.1, 0.15) is 18.1 Å². The summed E-state index contributed by atoms with van der Waals surface area (Å²) < 4.78 is 13.7. The van der Waals surface area contributed by atoms with Gasteiger partial charge >= 0.3 is 5.97 Å². The molecule has 1 saturated heterocycles. The molecule has 0 radical (unpaired) electrons. The van der Waals surface area contributed by atoms with Gasteiger partial charge in [0.15, 0.2) is 0 Å². The van der Waals surface area contributed by atoms with Gasteiger partial charge in [0.1, 0.15) is 5.82 Å². The molecule has 0 amide bonds. The Morgan fingerprint density at radius 2 is 2.32 bits per heavy atom. The molecule has 1 fully saturated rings. The SMILES string of the molecule is CC(C(=O)O)C1CN(Cc2ccc(C#N)cc2F)C1. The van der Waals surface area contributed by atoms with Gasteiger partial charge in [-0.2, -0.15) is 5.26 Å². The van der Waals surface area contributed by atoms with Gasteiger partial charge in [-0.1, -0.05) is 13.0 Å². The van der Waals surface area contributed by atoms with Gasteiger partial charge in [-0.3, -0.25) is 9.69 Å². The van der Waals surface area contributed by atoms with Crippen molar-refractivity contribution in [2.24, 2.45) is 11.8 Å². The molecule has 1 unspecified atom stereocenters. The number of halogens is 1. The molecule has 0 saturated carbocycles. The van der Waals surface area contributed by atoms with Crippen LogP contribution in [0.15, 0.2) is 18.2 Å². The van der Waals surface area contributed by atoms with Gasteiger partial charge in [0.2, 0.25) is 0 Å². The smallest absolute Gasteiger partial charge is 0.306 e. The first-order chi connectivity index (χ1) is 9.01. The van der Waals surface area contributed by atoms with E-state index >= 15 is 0 Å². The second-order valence-electron chi connectivity index (χ2n) is 5.00. The average Bonchev–Trinajstić information content (AvgIpc) is 2.33. The normalized spacial score (nSPS) is 17.5. The van der Waals surface area contributed by atoms with E-state index in [9.17, 15) is 9.18 Å². The number of hydrogen-bond donors (Lipinski definition) is 1. The number of nitriles is 1. The molecule has 1 atom stereocenters. The van der Waals surface area contributed by atoms with Crippen molar-refractivity contribution in [2.45, 2.75) is 13.5 Å². The molecule has 1 aromatic rings. The number of carboxylic acid groups (broad SMARTS) is 1. The summed E-state index contributed by atoms with van der Waals surface area (Å²) in [4.78, 5) is 12.8. The molecule has 0 spiro atoms. The summed E-state index contributed by atoms with van der Waals surface area (Å²) in [6.45, 7) is 3.51. The minimum Gasteiger partial charge on any atom is -0.481 e. The van der Waals surface area contributed by atoms with Gasteiger partial charge in [0.25, 0.3) is 0 Å². The lowest BCUT2D eigenvalue weighted by Gasteiger charge is -2.41. The molecule has 1 aromatic carbocycles. The summed E-state index contributed by atoms with van der Waals surface area (Å²) in [6, 6.07) is 6.33. The molecule has 1 heterocycles. The van der Waals surface area contributed by atoms with Crippen LogP contribution in [0.4, 0.5) is 4.39 Å². The molecule has 100 valence electrons. The highest BCUT2D eigenvalue weighted by Crippen LogP contribution is 2.26. The van der Waals surface area contributed by atoms with Crippen LogP contribution in [0, 0.1) is 29.0 Å². The number of likely N-dealkylation sites (tertiary alicyclic amines) is 1. The van der Waals surface area contributed by atoms with Crippen molar-refractivity contribution < 1.29 is 14.3 Å². The van der Waals surface area contributed by atoms with Crippen molar-refractivity contribution in [3.8, 4) is 6.07 Å². The maximum absolute atomic E-state index is 13.7. The van der Waals surface area contributed by atoms with Crippen molar-refractivity contribution in [1.29, 1.82) is 5.26 Å². The van der Waals surface area contributed by atoms with E-state index in [1.165, 1.54) is 6.07 Å². The predicted octanol–water partition coefficient (Wildman–Crippen LogP) is 1.85. The lowest BCUT2D eigenvalue weighted by atomic mass is 9.87. The summed E-state index contributed by atoms with van der Waals surface area (Å²) in [6.07, 6.45) is 0. The summed E-state index contributed by atoms with van der Waals surface area (Å²) in [7, 11) is 0. The van der Waals surface area contributed by atoms with Crippen LogP contribution >= 0.6 is 0 Å². The van der Waals surface area contributed by atoms with Crippen LogP contribution in [0.25, 0.3) is 0 Å². The lowest BCUT2D eigenvalue weighted by molar-refractivity contribution is -0.145. The number of aliphatic carboxylic acids is 1. The number of hydrogen-bond acceptors (Lipinski definition) is 3. The third kappa shape index (κ3) is 2.91. The fraction of sp³-hybridized carbons (Fsp3) is 0.429. The number of carbonyl (C=O) groups is 1. The van der Waals surface area contributed by atoms with Crippen molar-refractivity contribution in [3.63, 3.8) is 0 Å². The van der Waals surface area contributed by atoms with Crippen molar-refractivity contribution >= 4 is 5.97 Å². The minimum absolute atomic E-state index is 0.138. The molecule has 1 aliphatic rings. The summed E-state index contributed by atoms with van der Waals surface area (Å²) >= 11 is 0. The van der Waals surface area contributed by atoms with Gasteiger partial charge in [0, 0.05) is 25.2 Å². The van der Waals surface area contributed by atoms with E-state index in [0.29, 0.717) is 30.8 Å². The highest BCUT2D eigenvalue weighted by atomic mass is 19.1. The number of nitrogens with zero attached hydrogens (tertiary/aromatic N) is 2. The molecule has 4 nitrogen and oxygen atoms in total. The molecule has 0 aliphatic carbocycles. The standard InChI is InChI=1S/C14H15FN2O2/c1-9(14(18)19)12-7-17(8-12)6-11-3-2-10(5-16)4-13(11)15/h2-4,9,12H,6-8H2,1H3,(H,18,19). The minimum atomic E-state index is -0.783. The predicted molar refractivity (Wildman–Crippen MR) is 66.7 cm³/mol. The summed E-state index contributed by atoms with van der Waals surface area (Å²) in [5.74, 6) is -1.39. The zero-order valence-corrected chi connectivity index (χ0v) is 10.6. The van der Waals surface area contributed by atoms with E-state index in [0.717, 1.165) is 0 Å². The molecule has 1 N–H and O–H groups in total. The molecule has 0 aromatic heterocycles. The van der Waals surface area contributed by atoms with Gasteiger partial charge in [-0.15, -0.1) is 0 Å². The van der Waals surface area contributed by atoms with E-state index in [-0.39, 0.29) is 17.7 Å². The van der Waals surface area contributed by atoms with Crippen molar-refractivity contribution in [1.82, 2.24) is 4.90 Å². The highest BCUT2D eigenvalue weighted by molar-refractivity contribution is 5.70. The maximum atomic E-state index is 13.7. The van der Waals surface area contributed by atoms with Crippen LogP contribution in [0.3, 0.4) is 0 Å². The van der Waals surface area contributed by atoms with Crippen LogP contribution in [0.5, 0.6) is 0 Å². The van der Waals surface area contributed by atoms with Crippen LogP contribution < -0.4 is 0 Å². The Bertz CT molecular complexity index is 533. The largest absolute Gasteiger partial charge is 0.481 e. The fourth-order valence-corrected chi connectivity index (χ4v) is 2.24. The summed E-state index contributed by atoms with van der Waals surface area (Å²) in [5, 5.41) is 17.5. The van der Waals surface area contributed by atoms with Gasteiger partial charge in [0.05, 0.1) is 17.6 Å². The zero-order valence-electron chi connectivity index (χ0n) is 10.6. The van der Waals surface area contributed by atoms with Crippen LogP contribution in [-0.2, 0) is 11.3 Å². The number of carboxylic acids is 1. The van der Waals surface area contributed by atoms with Gasteiger partial charge in [-0.25, -0.2) is 4.39 Å². The molecule has 5 heteroatoms. The van der Waals surface area contributed by atoms with Crippen molar-refractivity contribution in [2.75, 3.05) is 13.1 Å². The van der Waals surface area contributed by atoms with E-state index in [4.69, 9.17) is 10.4 Å². The van der Waals surface area contributed by atoms with Gasteiger partial charge < -0.3 is 5.11 Å². The average molecular weight is 262 g/mol. The molecule has 0 bridgehead atoms. The Kier molecular flexibility index (Phi) is 3.82. The number of benzene rings is 1. The summed E-state index contributed by atoms with van der Waals surface area (Å²) in [5.41, 5.74) is 0.850. The zero-order chi connectivity index (χ0) is 14.0. The van der Waals surface area contributed by atoms with Crippen LogP contribution in [0.2, 0.25) is 0 Å². The first kappa shape index (κ1) is 13.5. The monoisotopic (exact) mass is 262 g/mol. The quantitative estimate of drug-likeness (QED) is 0.899. The van der Waals surface area contributed by atoms with Gasteiger partial charge in [-0.05, 0) is 18.1 Å². The topological polar surface area (TPSA) is 64.3 Å². The first-order valence-electron chi connectivity index (χ1n) is 6.15. The van der Waals surface area contributed by atoms with E-state index in [1.54, 1.807) is 19.1 Å². The Morgan fingerprint density at radius 3 is 2.84 bits per heavy atom. The number of rotatable bonds is 4. The fourth-order valence-electron chi connectivity index (χ4n) is 2.24. The molecule has 19 heavy (non-hydrogen) atoms. The second-order valence-corrected chi connectivity index (χ2v) is 5.00. The third-order valence-electron chi connectivity index (χ3n) is 3.66. The Balaban J connectivity index is 1.91. The Hall–Kier alpha value is -1.93. The van der Waals surface area contributed by atoms with E-state index in [1.807, 2.05) is 11.0 Å². The molecular formula is C14H15FN2O2. The Morgan fingerprint density at radius 1 is 1.63 bits per heavy atom. The maximum Gasteiger partial charge on any atom is 0.306 e. The lowest BCUT2D eigenvalue weighted by Crippen LogP contribution is -2.50.